The average Bonchev–Trinajstić information content (AvgIpc) is 3.59. The normalized spacial score (nSPS) is 17.3. The van der Waals surface area contributed by atoms with Crippen LogP contribution in [0.1, 0.15) is 41.3 Å². The molecule has 2 aliphatic heterocycles. The van der Waals surface area contributed by atoms with E-state index in [9.17, 15) is 4.39 Å². The van der Waals surface area contributed by atoms with E-state index in [4.69, 9.17) is 9.72 Å². The molecule has 2 aromatic carbocycles. The number of hydrogen-bond donors (Lipinski definition) is 2. The first kappa shape index (κ1) is 20.2. The molecule has 0 aliphatic carbocycles. The fourth-order valence-electron chi connectivity index (χ4n) is 4.97. The smallest absolute Gasteiger partial charge is 0.208 e. The zero-order valence-electron chi connectivity index (χ0n) is 18.6. The first-order valence-electron chi connectivity index (χ1n) is 11.5. The third-order valence-corrected chi connectivity index (χ3v) is 6.66. The standard InChI is InChI=1S/C26H26FN5O/c1-16-15-32-25(31-16)20(17-4-6-18(7-5-17)23-3-2-11-28-23)13-29-26(32)30-14-21-19-10-12-33-24(19)9-8-22(21)27/h4-9,13,15,23,28H,2-3,10-12,14H2,1H3,(H,29,30)/t23-/m0/s1. The molecule has 6 nitrogen and oxygen atoms in total. The van der Waals surface area contributed by atoms with Crippen LogP contribution in [0.25, 0.3) is 16.8 Å². The molecule has 2 N–H and O–H groups in total. The lowest BCUT2D eigenvalue weighted by molar-refractivity contribution is 0.356. The third-order valence-electron chi connectivity index (χ3n) is 6.66. The lowest BCUT2D eigenvalue weighted by Crippen LogP contribution is -2.12. The molecule has 4 heterocycles. The number of ether oxygens (including phenoxy) is 1. The molecule has 0 radical (unpaired) electrons. The minimum Gasteiger partial charge on any atom is -0.493 e. The Labute approximate surface area is 191 Å². The number of aryl methyl sites for hydroxylation is 1. The maximum absolute atomic E-state index is 14.6. The quantitative estimate of drug-likeness (QED) is 0.463. The summed E-state index contributed by atoms with van der Waals surface area (Å²) in [5.74, 6) is 1.19. The van der Waals surface area contributed by atoms with E-state index in [1.807, 2.05) is 23.7 Å². The van der Waals surface area contributed by atoms with Crippen LogP contribution in [0, 0.1) is 12.7 Å². The van der Waals surface area contributed by atoms with Crippen molar-refractivity contribution in [3.05, 3.63) is 77.0 Å². The van der Waals surface area contributed by atoms with Gasteiger partial charge in [0.25, 0.3) is 0 Å². The van der Waals surface area contributed by atoms with Gasteiger partial charge in [-0.05, 0) is 49.6 Å². The van der Waals surface area contributed by atoms with Gasteiger partial charge < -0.3 is 15.4 Å². The minimum absolute atomic E-state index is 0.224. The molecule has 0 spiro atoms. The molecule has 2 aliphatic rings. The number of nitrogens with one attached hydrogen (secondary N) is 2. The van der Waals surface area contributed by atoms with Gasteiger partial charge in [-0.3, -0.25) is 4.40 Å². The molecule has 33 heavy (non-hydrogen) atoms. The Morgan fingerprint density at radius 1 is 1.21 bits per heavy atom. The Bertz CT molecular complexity index is 1330. The lowest BCUT2D eigenvalue weighted by atomic mass is 10.0. The molecule has 1 fully saturated rings. The fraction of sp³-hybridized carbons (Fsp3) is 0.308. The van der Waals surface area contributed by atoms with Crippen molar-refractivity contribution in [1.29, 1.82) is 0 Å². The van der Waals surface area contributed by atoms with Gasteiger partial charge in [0.1, 0.15) is 17.2 Å². The number of rotatable bonds is 5. The van der Waals surface area contributed by atoms with Gasteiger partial charge in [0.2, 0.25) is 5.95 Å². The largest absolute Gasteiger partial charge is 0.493 e. The van der Waals surface area contributed by atoms with E-state index in [0.29, 0.717) is 30.7 Å². The highest BCUT2D eigenvalue weighted by molar-refractivity contribution is 5.78. The van der Waals surface area contributed by atoms with Crippen LogP contribution in [0.15, 0.2) is 48.8 Å². The molecule has 2 aromatic heterocycles. The maximum Gasteiger partial charge on any atom is 0.208 e. The van der Waals surface area contributed by atoms with E-state index in [-0.39, 0.29) is 5.82 Å². The molecule has 4 aromatic rings. The fourth-order valence-corrected chi connectivity index (χ4v) is 4.97. The van der Waals surface area contributed by atoms with Gasteiger partial charge in [0.05, 0.1) is 12.3 Å². The second-order valence-electron chi connectivity index (χ2n) is 8.80. The van der Waals surface area contributed by atoms with Gasteiger partial charge in [-0.2, -0.15) is 0 Å². The van der Waals surface area contributed by atoms with Crippen LogP contribution in [-0.4, -0.2) is 27.5 Å². The van der Waals surface area contributed by atoms with Crippen molar-refractivity contribution in [1.82, 2.24) is 19.7 Å². The summed E-state index contributed by atoms with van der Waals surface area (Å²) in [6, 6.07) is 12.3. The molecule has 0 saturated carbocycles. The Kier molecular flexibility index (Phi) is 4.99. The van der Waals surface area contributed by atoms with Crippen LogP contribution in [0.2, 0.25) is 0 Å². The second kappa shape index (κ2) is 8.15. The number of imidazole rings is 1. The second-order valence-corrected chi connectivity index (χ2v) is 8.80. The van der Waals surface area contributed by atoms with Crippen molar-refractivity contribution in [2.24, 2.45) is 0 Å². The van der Waals surface area contributed by atoms with Crippen LogP contribution < -0.4 is 15.4 Å². The van der Waals surface area contributed by atoms with E-state index >= 15 is 0 Å². The molecule has 7 heteroatoms. The summed E-state index contributed by atoms with van der Waals surface area (Å²) in [7, 11) is 0. The maximum atomic E-state index is 14.6. The van der Waals surface area contributed by atoms with E-state index in [1.165, 1.54) is 24.5 Å². The van der Waals surface area contributed by atoms with Crippen molar-refractivity contribution >= 4 is 11.6 Å². The van der Waals surface area contributed by atoms with Crippen molar-refractivity contribution in [3.8, 4) is 16.9 Å². The molecular weight excluding hydrogens is 417 g/mol. The van der Waals surface area contributed by atoms with Crippen molar-refractivity contribution in [2.75, 3.05) is 18.5 Å². The summed E-state index contributed by atoms with van der Waals surface area (Å²) in [5.41, 5.74) is 6.68. The molecule has 1 saturated heterocycles. The van der Waals surface area contributed by atoms with Crippen LogP contribution >= 0.6 is 0 Å². The number of nitrogens with zero attached hydrogens (tertiary/aromatic N) is 3. The molecule has 6 rings (SSSR count). The lowest BCUT2D eigenvalue weighted by Gasteiger charge is -2.14. The zero-order valence-corrected chi connectivity index (χ0v) is 18.6. The summed E-state index contributed by atoms with van der Waals surface area (Å²) in [5, 5.41) is 6.87. The van der Waals surface area contributed by atoms with Gasteiger partial charge in [-0.1, -0.05) is 24.3 Å². The first-order chi connectivity index (χ1) is 16.2. The van der Waals surface area contributed by atoms with Crippen molar-refractivity contribution in [2.45, 2.75) is 38.8 Å². The molecular formula is C26H26FN5O. The summed E-state index contributed by atoms with van der Waals surface area (Å²) in [6.07, 6.45) is 6.94. The van der Waals surface area contributed by atoms with Gasteiger partial charge in [-0.25, -0.2) is 14.4 Å². The Balaban J connectivity index is 1.31. The van der Waals surface area contributed by atoms with Crippen LogP contribution in [-0.2, 0) is 13.0 Å². The summed E-state index contributed by atoms with van der Waals surface area (Å²) in [6.45, 7) is 3.98. The number of fused-ring (bicyclic) bond motifs is 2. The van der Waals surface area contributed by atoms with E-state index in [2.05, 4.69) is 39.9 Å². The molecule has 168 valence electrons. The topological polar surface area (TPSA) is 63.5 Å². The van der Waals surface area contributed by atoms with E-state index < -0.39 is 0 Å². The summed E-state index contributed by atoms with van der Waals surface area (Å²) in [4.78, 5) is 9.44. The van der Waals surface area contributed by atoms with Gasteiger partial charge in [-0.15, -0.1) is 0 Å². The minimum atomic E-state index is -0.224. The Morgan fingerprint density at radius 3 is 2.91 bits per heavy atom. The van der Waals surface area contributed by atoms with Gasteiger partial charge in [0.15, 0.2) is 0 Å². The average molecular weight is 444 g/mol. The number of benzene rings is 2. The van der Waals surface area contributed by atoms with Crippen LogP contribution in [0.5, 0.6) is 5.75 Å². The molecule has 0 amide bonds. The number of anilines is 1. The monoisotopic (exact) mass is 443 g/mol. The Morgan fingerprint density at radius 2 is 2.09 bits per heavy atom. The summed E-state index contributed by atoms with van der Waals surface area (Å²) < 4.78 is 22.1. The molecule has 0 unspecified atom stereocenters. The predicted molar refractivity (Wildman–Crippen MR) is 126 cm³/mol. The van der Waals surface area contributed by atoms with Crippen LogP contribution in [0.4, 0.5) is 10.3 Å². The van der Waals surface area contributed by atoms with Crippen molar-refractivity contribution in [3.63, 3.8) is 0 Å². The number of aromatic nitrogens is 3. The third kappa shape index (κ3) is 3.62. The summed E-state index contributed by atoms with van der Waals surface area (Å²) >= 11 is 0. The first-order valence-corrected chi connectivity index (χ1v) is 11.5. The van der Waals surface area contributed by atoms with Gasteiger partial charge in [0, 0.05) is 48.1 Å². The SMILES string of the molecule is Cc1cn2c(NCc3c(F)ccc4c3CCO4)ncc(-c3ccc([C@@H]4CCCN4)cc3)c2n1. The van der Waals surface area contributed by atoms with E-state index in [0.717, 1.165) is 46.7 Å². The highest BCUT2D eigenvalue weighted by atomic mass is 19.1. The predicted octanol–water partition coefficient (Wildman–Crippen LogP) is 4.82. The van der Waals surface area contributed by atoms with E-state index in [1.54, 1.807) is 6.07 Å². The highest BCUT2D eigenvalue weighted by Gasteiger charge is 2.20. The van der Waals surface area contributed by atoms with Crippen LogP contribution in [0.3, 0.4) is 0 Å². The zero-order chi connectivity index (χ0) is 22.4. The number of halogens is 1. The van der Waals surface area contributed by atoms with Crippen molar-refractivity contribution < 1.29 is 9.13 Å². The number of hydrogen-bond acceptors (Lipinski definition) is 5. The molecule has 0 bridgehead atoms. The highest BCUT2D eigenvalue weighted by Crippen LogP contribution is 2.32. The van der Waals surface area contributed by atoms with Gasteiger partial charge >= 0.3 is 0 Å². The molecule has 1 atom stereocenters. The Hall–Kier alpha value is -3.45.